The molecule has 0 N–H and O–H groups in total. The minimum atomic E-state index is -0.822. The summed E-state index contributed by atoms with van der Waals surface area (Å²) in [5, 5.41) is 2.53. The molecule has 0 aliphatic rings. The monoisotopic (exact) mass is 438 g/mol. The molecule has 0 saturated carbocycles. The van der Waals surface area contributed by atoms with Gasteiger partial charge in [-0.3, -0.25) is 0 Å². The van der Waals surface area contributed by atoms with Gasteiger partial charge >= 0.3 is 0 Å². The van der Waals surface area contributed by atoms with Crippen LogP contribution in [0.3, 0.4) is 0 Å². The Kier molecular flexibility index (Phi) is 7.22. The van der Waals surface area contributed by atoms with Crippen LogP contribution in [-0.2, 0) is 0 Å². The predicted molar refractivity (Wildman–Crippen MR) is 133 cm³/mol. The summed E-state index contributed by atoms with van der Waals surface area (Å²) in [5.41, 5.74) is 0. The maximum Gasteiger partial charge on any atom is 0.127 e. The SMILES string of the molecule is CC(C)(C)P(Oc1cccc(OP(c2ccccc2)C(C)(C)C)c1)c1ccccc1. The van der Waals surface area contributed by atoms with Gasteiger partial charge in [0.2, 0.25) is 0 Å². The molecular formula is C26H32O2P2. The Bertz CT molecular complexity index is 854. The Hall–Kier alpha value is -1.88. The van der Waals surface area contributed by atoms with Gasteiger partial charge in [-0.25, -0.2) is 0 Å². The summed E-state index contributed by atoms with van der Waals surface area (Å²) in [7, 11) is -1.64. The lowest BCUT2D eigenvalue weighted by Crippen LogP contribution is -2.23. The van der Waals surface area contributed by atoms with Crippen molar-refractivity contribution in [2.75, 3.05) is 0 Å². The van der Waals surface area contributed by atoms with Gasteiger partial charge in [0.1, 0.15) is 27.8 Å². The molecule has 2 atom stereocenters. The van der Waals surface area contributed by atoms with Crippen LogP contribution < -0.4 is 19.7 Å². The first-order valence-corrected chi connectivity index (χ1v) is 12.8. The third kappa shape index (κ3) is 6.07. The zero-order valence-electron chi connectivity index (χ0n) is 18.8. The first-order chi connectivity index (χ1) is 14.1. The molecule has 30 heavy (non-hydrogen) atoms. The minimum absolute atomic E-state index is 0.0234. The van der Waals surface area contributed by atoms with Crippen LogP contribution in [0.4, 0.5) is 0 Å². The Morgan fingerprint density at radius 2 is 0.867 bits per heavy atom. The van der Waals surface area contributed by atoms with E-state index in [1.165, 1.54) is 10.6 Å². The number of hydrogen-bond acceptors (Lipinski definition) is 2. The normalized spacial score (nSPS) is 14.1. The second kappa shape index (κ2) is 9.51. The standard InChI is InChI=1S/C26H32O2P2/c1-25(2,3)29(23-16-9-7-10-17-23)27-21-14-13-15-22(20-21)28-30(26(4,5)6)24-18-11-8-12-19-24/h7-20H,1-6H3. The van der Waals surface area contributed by atoms with Gasteiger partial charge in [-0.05, 0) is 12.1 Å². The first-order valence-electron chi connectivity index (χ1n) is 10.3. The van der Waals surface area contributed by atoms with Gasteiger partial charge in [-0.15, -0.1) is 0 Å². The van der Waals surface area contributed by atoms with Gasteiger partial charge in [0.25, 0.3) is 0 Å². The van der Waals surface area contributed by atoms with Gasteiger partial charge in [0, 0.05) is 27.0 Å². The lowest BCUT2D eigenvalue weighted by atomic mass is 10.3. The van der Waals surface area contributed by atoms with Crippen LogP contribution >= 0.6 is 16.3 Å². The van der Waals surface area contributed by atoms with Gasteiger partial charge in [0.05, 0.1) is 0 Å². The highest BCUT2D eigenvalue weighted by atomic mass is 31.1. The van der Waals surface area contributed by atoms with Crippen molar-refractivity contribution in [3.63, 3.8) is 0 Å². The summed E-state index contributed by atoms with van der Waals surface area (Å²) in [4.78, 5) is 0. The molecule has 2 unspecified atom stereocenters. The molecule has 0 aromatic heterocycles. The number of hydrogen-bond donors (Lipinski definition) is 0. The lowest BCUT2D eigenvalue weighted by molar-refractivity contribution is 0.561. The lowest BCUT2D eigenvalue weighted by Gasteiger charge is -2.32. The predicted octanol–water partition coefficient (Wildman–Crippen LogP) is 7.49. The Labute approximate surface area is 184 Å². The summed E-state index contributed by atoms with van der Waals surface area (Å²) < 4.78 is 13.1. The fourth-order valence-electron chi connectivity index (χ4n) is 3.08. The molecule has 0 saturated heterocycles. The van der Waals surface area contributed by atoms with Crippen LogP contribution in [0.5, 0.6) is 11.5 Å². The van der Waals surface area contributed by atoms with Crippen molar-refractivity contribution >= 4 is 26.9 Å². The number of benzene rings is 3. The maximum atomic E-state index is 6.57. The van der Waals surface area contributed by atoms with Crippen molar-refractivity contribution in [2.24, 2.45) is 0 Å². The molecule has 0 bridgehead atoms. The fourth-order valence-corrected chi connectivity index (χ4v) is 6.92. The third-order valence-corrected chi connectivity index (χ3v) is 9.16. The van der Waals surface area contributed by atoms with Gasteiger partial charge < -0.3 is 9.05 Å². The van der Waals surface area contributed by atoms with E-state index in [9.17, 15) is 0 Å². The third-order valence-electron chi connectivity index (χ3n) is 4.40. The highest BCUT2D eigenvalue weighted by Crippen LogP contribution is 2.52. The van der Waals surface area contributed by atoms with Crippen LogP contribution in [0.25, 0.3) is 0 Å². The maximum absolute atomic E-state index is 6.57. The molecular weight excluding hydrogens is 406 g/mol. The molecule has 4 heteroatoms. The average molecular weight is 438 g/mol. The zero-order chi connectivity index (χ0) is 21.8. The fraction of sp³-hybridized carbons (Fsp3) is 0.308. The van der Waals surface area contributed by atoms with Gasteiger partial charge in [-0.1, -0.05) is 108 Å². The van der Waals surface area contributed by atoms with E-state index in [4.69, 9.17) is 9.05 Å². The smallest absolute Gasteiger partial charge is 0.127 e. The van der Waals surface area contributed by atoms with Crippen LogP contribution in [0.15, 0.2) is 84.9 Å². The highest BCUT2D eigenvalue weighted by Gasteiger charge is 2.31. The van der Waals surface area contributed by atoms with E-state index in [0.29, 0.717) is 0 Å². The van der Waals surface area contributed by atoms with Crippen molar-refractivity contribution in [1.29, 1.82) is 0 Å². The molecule has 0 radical (unpaired) electrons. The van der Waals surface area contributed by atoms with E-state index in [1.807, 2.05) is 36.4 Å². The molecule has 0 fully saturated rings. The molecule has 2 nitrogen and oxygen atoms in total. The van der Waals surface area contributed by atoms with Gasteiger partial charge in [0.15, 0.2) is 0 Å². The molecule has 0 aliphatic carbocycles. The average Bonchev–Trinajstić information content (AvgIpc) is 2.70. The molecule has 0 spiro atoms. The second-order valence-corrected chi connectivity index (χ2v) is 14.5. The Morgan fingerprint density at radius 3 is 1.20 bits per heavy atom. The van der Waals surface area contributed by atoms with Crippen molar-refractivity contribution in [3.05, 3.63) is 84.9 Å². The van der Waals surface area contributed by atoms with Crippen LogP contribution in [0.1, 0.15) is 41.5 Å². The van der Waals surface area contributed by atoms with Gasteiger partial charge in [-0.2, -0.15) is 0 Å². The van der Waals surface area contributed by atoms with E-state index < -0.39 is 16.3 Å². The number of rotatable bonds is 6. The molecule has 3 rings (SSSR count). The van der Waals surface area contributed by atoms with Crippen LogP contribution in [0, 0.1) is 0 Å². The summed E-state index contributed by atoms with van der Waals surface area (Å²) in [5.74, 6) is 1.71. The highest BCUT2D eigenvalue weighted by molar-refractivity contribution is 7.63. The minimum Gasteiger partial charge on any atom is -0.469 e. The molecule has 158 valence electrons. The van der Waals surface area contributed by atoms with E-state index in [1.54, 1.807) is 0 Å². The first kappa shape index (κ1) is 22.8. The van der Waals surface area contributed by atoms with E-state index in [-0.39, 0.29) is 10.3 Å². The second-order valence-electron chi connectivity index (χ2n) is 9.26. The van der Waals surface area contributed by atoms with E-state index in [0.717, 1.165) is 11.5 Å². The molecule has 0 aliphatic heterocycles. The molecule has 3 aromatic rings. The largest absolute Gasteiger partial charge is 0.469 e. The molecule has 0 amide bonds. The Balaban J connectivity index is 1.86. The van der Waals surface area contributed by atoms with Crippen LogP contribution in [-0.4, -0.2) is 10.3 Å². The quantitative estimate of drug-likeness (QED) is 0.371. The van der Waals surface area contributed by atoms with Crippen molar-refractivity contribution in [1.82, 2.24) is 0 Å². The summed E-state index contributed by atoms with van der Waals surface area (Å²) in [6.07, 6.45) is 0. The zero-order valence-corrected chi connectivity index (χ0v) is 20.6. The van der Waals surface area contributed by atoms with Crippen LogP contribution in [0.2, 0.25) is 0 Å². The topological polar surface area (TPSA) is 18.5 Å². The van der Waals surface area contributed by atoms with Crippen molar-refractivity contribution in [2.45, 2.75) is 51.9 Å². The summed E-state index contributed by atoms with van der Waals surface area (Å²) in [6, 6.07) is 29.2. The molecule has 0 heterocycles. The molecule has 3 aromatic carbocycles. The van der Waals surface area contributed by atoms with Crippen molar-refractivity contribution in [3.8, 4) is 11.5 Å². The summed E-state index contributed by atoms with van der Waals surface area (Å²) in [6.45, 7) is 13.4. The Morgan fingerprint density at radius 1 is 0.500 bits per heavy atom. The summed E-state index contributed by atoms with van der Waals surface area (Å²) >= 11 is 0. The van der Waals surface area contributed by atoms with E-state index >= 15 is 0 Å². The van der Waals surface area contributed by atoms with Crippen molar-refractivity contribution < 1.29 is 9.05 Å². The van der Waals surface area contributed by atoms with E-state index in [2.05, 4.69) is 90.1 Å².